The van der Waals surface area contributed by atoms with Crippen molar-refractivity contribution >= 4 is 0 Å². The summed E-state index contributed by atoms with van der Waals surface area (Å²) >= 11 is 0. The molecule has 2 heteroatoms. The van der Waals surface area contributed by atoms with E-state index < -0.39 is 0 Å². The lowest BCUT2D eigenvalue weighted by atomic mass is 9.96. The maximum atomic E-state index is 5.76. The number of rotatable bonds is 3. The minimum absolute atomic E-state index is 0.238. The Labute approximate surface area is 114 Å². The summed E-state index contributed by atoms with van der Waals surface area (Å²) in [5.74, 6) is 1.04. The van der Waals surface area contributed by atoms with Crippen LogP contribution in [0.25, 0.3) is 0 Å². The van der Waals surface area contributed by atoms with Crippen molar-refractivity contribution < 1.29 is 4.74 Å². The molecule has 0 spiro atoms. The highest BCUT2D eigenvalue weighted by Crippen LogP contribution is 2.32. The molecule has 0 saturated heterocycles. The second-order valence-corrected chi connectivity index (χ2v) is 5.13. The summed E-state index contributed by atoms with van der Waals surface area (Å²) in [6, 6.07) is 17.3. The predicted molar refractivity (Wildman–Crippen MR) is 77.6 cm³/mol. The molecule has 2 aromatic carbocycles. The molecule has 0 aliphatic carbocycles. The number of ether oxygens (including phenoxy) is 1. The predicted octanol–water partition coefficient (Wildman–Crippen LogP) is 3.32. The lowest BCUT2D eigenvalue weighted by molar-refractivity contribution is 0.254. The minimum Gasteiger partial charge on any atom is -0.490 e. The van der Waals surface area contributed by atoms with Gasteiger partial charge in [0.05, 0.1) is 6.04 Å². The van der Waals surface area contributed by atoms with Gasteiger partial charge in [-0.1, -0.05) is 42.5 Å². The van der Waals surface area contributed by atoms with Crippen LogP contribution in [0.4, 0.5) is 0 Å². The largest absolute Gasteiger partial charge is 0.490 e. The fourth-order valence-corrected chi connectivity index (χ4v) is 2.79. The van der Waals surface area contributed by atoms with Crippen molar-refractivity contribution in [2.24, 2.45) is 0 Å². The lowest BCUT2D eigenvalue weighted by Crippen LogP contribution is -2.17. The summed E-state index contributed by atoms with van der Waals surface area (Å²) in [5, 5.41) is 3.40. The summed E-state index contributed by atoms with van der Waals surface area (Å²) in [6.45, 7) is 2.12. The Morgan fingerprint density at radius 1 is 1.11 bits per heavy atom. The zero-order chi connectivity index (χ0) is 13.2. The molecule has 0 aromatic heterocycles. The molecule has 2 unspecified atom stereocenters. The number of nitrogens with one attached hydrogen (secondary N) is 1. The third kappa shape index (κ3) is 2.36. The molecular formula is C17H19NO. The van der Waals surface area contributed by atoms with Gasteiger partial charge in [0.15, 0.2) is 0 Å². The molecule has 2 nitrogen and oxygen atoms in total. The zero-order valence-corrected chi connectivity index (χ0v) is 11.4. The average Bonchev–Trinajstić information content (AvgIpc) is 2.80. The van der Waals surface area contributed by atoms with Gasteiger partial charge in [0.2, 0.25) is 0 Å². The van der Waals surface area contributed by atoms with Crippen molar-refractivity contribution in [2.75, 3.05) is 7.05 Å². The third-order valence-electron chi connectivity index (χ3n) is 3.67. The number of benzene rings is 2. The second kappa shape index (κ2) is 5.06. The molecule has 0 fully saturated rings. The quantitative estimate of drug-likeness (QED) is 0.906. The fraction of sp³-hybridized carbons (Fsp3) is 0.294. The van der Waals surface area contributed by atoms with E-state index in [0.717, 1.165) is 12.2 Å². The van der Waals surface area contributed by atoms with Gasteiger partial charge in [-0.15, -0.1) is 0 Å². The van der Waals surface area contributed by atoms with Crippen LogP contribution < -0.4 is 10.1 Å². The van der Waals surface area contributed by atoms with E-state index in [1.807, 2.05) is 7.05 Å². The van der Waals surface area contributed by atoms with Gasteiger partial charge in [-0.2, -0.15) is 0 Å². The van der Waals surface area contributed by atoms with Gasteiger partial charge in [-0.05, 0) is 36.7 Å². The number of hydrogen-bond donors (Lipinski definition) is 1. The summed E-state index contributed by atoms with van der Waals surface area (Å²) in [5.41, 5.74) is 3.91. The summed E-state index contributed by atoms with van der Waals surface area (Å²) in [6.07, 6.45) is 1.31. The van der Waals surface area contributed by atoms with Gasteiger partial charge < -0.3 is 10.1 Å². The number of hydrogen-bond acceptors (Lipinski definition) is 2. The van der Waals surface area contributed by atoms with Crippen LogP contribution in [0, 0.1) is 0 Å². The first-order valence-corrected chi connectivity index (χ1v) is 6.79. The standard InChI is InChI=1S/C17H19NO/c1-12-10-15-11-14(8-9-16(15)19-12)17(18-2)13-6-4-3-5-7-13/h3-9,11-12,17-18H,10H2,1-2H3. The number of fused-ring (bicyclic) bond motifs is 1. The molecule has 2 atom stereocenters. The van der Waals surface area contributed by atoms with E-state index in [1.54, 1.807) is 0 Å². The van der Waals surface area contributed by atoms with Crippen molar-refractivity contribution in [1.29, 1.82) is 0 Å². The third-order valence-corrected chi connectivity index (χ3v) is 3.67. The van der Waals surface area contributed by atoms with Gasteiger partial charge >= 0.3 is 0 Å². The molecule has 1 aliphatic heterocycles. The van der Waals surface area contributed by atoms with Crippen LogP contribution in [0.1, 0.15) is 29.7 Å². The van der Waals surface area contributed by atoms with E-state index in [4.69, 9.17) is 4.74 Å². The van der Waals surface area contributed by atoms with Crippen LogP contribution in [0.15, 0.2) is 48.5 Å². The Bertz CT molecular complexity index is 565. The first-order valence-electron chi connectivity index (χ1n) is 6.79. The van der Waals surface area contributed by atoms with Crippen LogP contribution in [0.2, 0.25) is 0 Å². The van der Waals surface area contributed by atoms with Crippen molar-refractivity contribution in [3.05, 3.63) is 65.2 Å². The molecule has 1 heterocycles. The smallest absolute Gasteiger partial charge is 0.123 e. The molecule has 3 rings (SSSR count). The molecule has 0 amide bonds. The first-order chi connectivity index (χ1) is 9.28. The molecule has 19 heavy (non-hydrogen) atoms. The maximum absolute atomic E-state index is 5.76. The van der Waals surface area contributed by atoms with E-state index in [0.29, 0.717) is 6.10 Å². The zero-order valence-electron chi connectivity index (χ0n) is 11.4. The first kappa shape index (κ1) is 12.2. The molecule has 0 bridgehead atoms. The Morgan fingerprint density at radius 2 is 1.89 bits per heavy atom. The van der Waals surface area contributed by atoms with Crippen molar-refractivity contribution in [3.8, 4) is 5.75 Å². The van der Waals surface area contributed by atoms with Crippen LogP contribution >= 0.6 is 0 Å². The highest BCUT2D eigenvalue weighted by atomic mass is 16.5. The summed E-state index contributed by atoms with van der Waals surface area (Å²) in [4.78, 5) is 0. The van der Waals surface area contributed by atoms with Crippen molar-refractivity contribution in [2.45, 2.75) is 25.5 Å². The van der Waals surface area contributed by atoms with E-state index in [2.05, 4.69) is 60.8 Å². The molecule has 98 valence electrons. The monoisotopic (exact) mass is 253 g/mol. The maximum Gasteiger partial charge on any atom is 0.123 e. The van der Waals surface area contributed by atoms with Gasteiger partial charge in [-0.25, -0.2) is 0 Å². The van der Waals surface area contributed by atoms with Crippen LogP contribution in [-0.4, -0.2) is 13.2 Å². The highest BCUT2D eigenvalue weighted by Gasteiger charge is 2.21. The van der Waals surface area contributed by atoms with E-state index in [9.17, 15) is 0 Å². The summed E-state index contributed by atoms with van der Waals surface area (Å²) in [7, 11) is 2.00. The van der Waals surface area contributed by atoms with E-state index in [-0.39, 0.29) is 6.04 Å². The topological polar surface area (TPSA) is 21.3 Å². The van der Waals surface area contributed by atoms with Gasteiger partial charge in [-0.3, -0.25) is 0 Å². The Morgan fingerprint density at radius 3 is 2.63 bits per heavy atom. The van der Waals surface area contributed by atoms with Crippen LogP contribution in [0.3, 0.4) is 0 Å². The average molecular weight is 253 g/mol. The minimum atomic E-state index is 0.238. The molecule has 2 aromatic rings. The van der Waals surface area contributed by atoms with Crippen LogP contribution in [0.5, 0.6) is 5.75 Å². The Hall–Kier alpha value is -1.80. The lowest BCUT2D eigenvalue weighted by Gasteiger charge is -2.18. The van der Waals surface area contributed by atoms with Crippen LogP contribution in [-0.2, 0) is 6.42 Å². The Kier molecular flexibility index (Phi) is 3.26. The molecule has 0 radical (unpaired) electrons. The molecule has 1 aliphatic rings. The fourth-order valence-electron chi connectivity index (χ4n) is 2.79. The Balaban J connectivity index is 1.95. The van der Waals surface area contributed by atoms with Gasteiger partial charge in [0.1, 0.15) is 11.9 Å². The van der Waals surface area contributed by atoms with Gasteiger partial charge in [0, 0.05) is 6.42 Å². The van der Waals surface area contributed by atoms with Crippen molar-refractivity contribution in [3.63, 3.8) is 0 Å². The molecule has 0 saturated carbocycles. The molecule has 1 N–H and O–H groups in total. The second-order valence-electron chi connectivity index (χ2n) is 5.13. The normalized spacial score (nSPS) is 18.7. The van der Waals surface area contributed by atoms with Gasteiger partial charge in [0.25, 0.3) is 0 Å². The van der Waals surface area contributed by atoms with E-state index >= 15 is 0 Å². The van der Waals surface area contributed by atoms with E-state index in [1.165, 1.54) is 16.7 Å². The van der Waals surface area contributed by atoms with Crippen molar-refractivity contribution in [1.82, 2.24) is 5.32 Å². The SMILES string of the molecule is CNC(c1ccccc1)c1ccc2c(c1)CC(C)O2. The molecular weight excluding hydrogens is 234 g/mol. The summed E-state index contributed by atoms with van der Waals surface area (Å²) < 4.78 is 5.76. The highest BCUT2D eigenvalue weighted by molar-refractivity contribution is 5.43.